The van der Waals surface area contributed by atoms with Gasteiger partial charge in [-0.1, -0.05) is 0 Å². The number of anilines is 1. The molecule has 0 bridgehead atoms. The summed E-state index contributed by atoms with van der Waals surface area (Å²) in [5.74, 6) is -0.598. The third-order valence-electron chi connectivity index (χ3n) is 4.74. The van der Waals surface area contributed by atoms with Crippen molar-refractivity contribution in [2.24, 2.45) is 7.05 Å². The molecule has 0 spiro atoms. The maximum absolute atomic E-state index is 13.2. The lowest BCUT2D eigenvalue weighted by Gasteiger charge is -2.29. The largest absolute Gasteiger partial charge is 0.483 e. The van der Waals surface area contributed by atoms with Gasteiger partial charge in [0, 0.05) is 43.4 Å². The minimum absolute atomic E-state index is 0.00544. The number of amides is 1. The van der Waals surface area contributed by atoms with Gasteiger partial charge in [0.25, 0.3) is 0 Å². The van der Waals surface area contributed by atoms with Crippen molar-refractivity contribution in [1.29, 1.82) is 0 Å². The Labute approximate surface area is 180 Å². The molecule has 0 saturated carbocycles. The van der Waals surface area contributed by atoms with E-state index in [1.54, 1.807) is 23.9 Å². The van der Waals surface area contributed by atoms with Crippen LogP contribution in [0.4, 0.5) is 19.0 Å². The average Bonchev–Trinajstić information content (AvgIpc) is 3.00. The van der Waals surface area contributed by atoms with E-state index >= 15 is 0 Å². The quantitative estimate of drug-likeness (QED) is 0.626. The van der Waals surface area contributed by atoms with Crippen LogP contribution in [0.5, 0.6) is 11.5 Å². The van der Waals surface area contributed by atoms with E-state index in [0.717, 1.165) is 12.3 Å². The Bertz CT molecular complexity index is 1350. The van der Waals surface area contributed by atoms with Crippen LogP contribution in [0.3, 0.4) is 0 Å². The summed E-state index contributed by atoms with van der Waals surface area (Å²) in [5, 5.41) is 2.60. The van der Waals surface area contributed by atoms with Crippen molar-refractivity contribution in [3.63, 3.8) is 0 Å². The maximum Gasteiger partial charge on any atom is 0.428 e. The van der Waals surface area contributed by atoms with E-state index in [4.69, 9.17) is 9.47 Å². The minimum Gasteiger partial charge on any atom is -0.483 e. The standard InChI is InChI=1S/C19H17F3N4O5S/c1-9(27)24-15-4-10-11(7-26(2)12(10)6-23-15)17-18-13(5-16(25-17)32(3,28)29)31-14(8-30-18)19(20,21)22/h4-7,14H,8H2,1-3H3,(H,23,24,27). The first kappa shape index (κ1) is 21.9. The highest BCUT2D eigenvalue weighted by Gasteiger charge is 2.45. The Morgan fingerprint density at radius 3 is 2.66 bits per heavy atom. The fourth-order valence-electron chi connectivity index (χ4n) is 3.31. The van der Waals surface area contributed by atoms with Crippen molar-refractivity contribution >= 4 is 32.5 Å². The molecule has 4 heterocycles. The molecule has 0 fully saturated rings. The van der Waals surface area contributed by atoms with Gasteiger partial charge in [-0.25, -0.2) is 18.4 Å². The van der Waals surface area contributed by atoms with Gasteiger partial charge < -0.3 is 19.4 Å². The summed E-state index contributed by atoms with van der Waals surface area (Å²) >= 11 is 0. The Morgan fingerprint density at radius 1 is 1.31 bits per heavy atom. The first-order chi connectivity index (χ1) is 14.8. The third kappa shape index (κ3) is 3.95. The summed E-state index contributed by atoms with van der Waals surface area (Å²) in [5.41, 5.74) is 0.973. The fourth-order valence-corrected chi connectivity index (χ4v) is 3.89. The fraction of sp³-hybridized carbons (Fsp3) is 0.316. The zero-order valence-corrected chi connectivity index (χ0v) is 17.8. The van der Waals surface area contributed by atoms with Gasteiger partial charge in [-0.05, 0) is 6.07 Å². The number of carbonyl (C=O) groups excluding carboxylic acids is 1. The Balaban J connectivity index is 1.96. The molecule has 9 nitrogen and oxygen atoms in total. The maximum atomic E-state index is 13.2. The van der Waals surface area contributed by atoms with Gasteiger partial charge in [0.2, 0.25) is 12.0 Å². The number of rotatable bonds is 3. The summed E-state index contributed by atoms with van der Waals surface area (Å²) in [6.45, 7) is 0.500. The number of pyridine rings is 2. The zero-order chi connectivity index (χ0) is 23.4. The lowest BCUT2D eigenvalue weighted by molar-refractivity contribution is -0.207. The van der Waals surface area contributed by atoms with Crippen LogP contribution >= 0.6 is 0 Å². The highest BCUT2D eigenvalue weighted by molar-refractivity contribution is 7.90. The van der Waals surface area contributed by atoms with Gasteiger partial charge in [-0.3, -0.25) is 4.79 Å². The van der Waals surface area contributed by atoms with E-state index in [0.29, 0.717) is 16.5 Å². The molecule has 0 radical (unpaired) electrons. The predicted molar refractivity (Wildman–Crippen MR) is 107 cm³/mol. The monoisotopic (exact) mass is 470 g/mol. The van der Waals surface area contributed by atoms with Gasteiger partial charge in [0.05, 0.1) is 11.7 Å². The molecule has 13 heteroatoms. The van der Waals surface area contributed by atoms with Crippen LogP contribution < -0.4 is 14.8 Å². The Hall–Kier alpha value is -3.35. The number of sulfone groups is 1. The van der Waals surface area contributed by atoms with Crippen LogP contribution in [0.1, 0.15) is 6.92 Å². The van der Waals surface area contributed by atoms with Crippen molar-refractivity contribution in [2.45, 2.75) is 24.2 Å². The van der Waals surface area contributed by atoms with E-state index in [2.05, 4.69) is 15.3 Å². The molecule has 3 aromatic rings. The van der Waals surface area contributed by atoms with Gasteiger partial charge >= 0.3 is 6.18 Å². The molecule has 4 rings (SSSR count). The molecule has 32 heavy (non-hydrogen) atoms. The average molecular weight is 470 g/mol. The molecule has 1 N–H and O–H groups in total. The summed E-state index contributed by atoms with van der Waals surface area (Å²) in [7, 11) is -2.19. The molecular formula is C19H17F3N4O5S. The molecular weight excluding hydrogens is 453 g/mol. The number of aromatic nitrogens is 3. The van der Waals surface area contributed by atoms with Crippen LogP contribution in [-0.4, -0.2) is 54.0 Å². The van der Waals surface area contributed by atoms with Crippen LogP contribution in [0.15, 0.2) is 29.6 Å². The Kier molecular flexibility index (Phi) is 5.03. The second-order valence-corrected chi connectivity index (χ2v) is 9.25. The van der Waals surface area contributed by atoms with Crippen LogP contribution in [0.25, 0.3) is 22.2 Å². The highest BCUT2D eigenvalue weighted by Crippen LogP contribution is 2.45. The third-order valence-corrected chi connectivity index (χ3v) is 5.71. The topological polar surface area (TPSA) is 112 Å². The molecule has 1 aliphatic rings. The van der Waals surface area contributed by atoms with Crippen LogP contribution in [0.2, 0.25) is 0 Å². The molecule has 1 aliphatic heterocycles. The smallest absolute Gasteiger partial charge is 0.428 e. The van der Waals surface area contributed by atoms with Gasteiger partial charge in [0.1, 0.15) is 18.1 Å². The summed E-state index contributed by atoms with van der Waals surface area (Å²) in [6, 6.07) is 2.47. The van der Waals surface area contributed by atoms with Gasteiger partial charge in [0.15, 0.2) is 26.4 Å². The predicted octanol–water partition coefficient (Wildman–Crippen LogP) is 2.70. The molecule has 1 amide bonds. The van der Waals surface area contributed by atoms with Gasteiger partial charge in [-0.2, -0.15) is 13.2 Å². The summed E-state index contributed by atoms with van der Waals surface area (Å²) < 4.78 is 76.0. The first-order valence-corrected chi connectivity index (χ1v) is 11.1. The van der Waals surface area contributed by atoms with Crippen molar-refractivity contribution < 1.29 is 35.9 Å². The number of carbonyl (C=O) groups is 1. The number of nitrogens with zero attached hydrogens (tertiary/aromatic N) is 3. The van der Waals surface area contributed by atoms with Crippen LogP contribution in [-0.2, 0) is 21.7 Å². The first-order valence-electron chi connectivity index (χ1n) is 9.19. The number of aryl methyl sites for hydroxylation is 1. The SMILES string of the molecule is CC(=O)Nc1cc2c(-c3nc(S(C)(=O)=O)cc4c3OCC(C(F)(F)F)O4)cn(C)c2cn1. The second kappa shape index (κ2) is 7.36. The Morgan fingerprint density at radius 2 is 2.03 bits per heavy atom. The number of hydrogen-bond acceptors (Lipinski definition) is 7. The summed E-state index contributed by atoms with van der Waals surface area (Å²) in [4.78, 5) is 19.7. The normalized spacial score (nSPS) is 16.2. The molecule has 0 aliphatic carbocycles. The molecule has 1 unspecified atom stereocenters. The van der Waals surface area contributed by atoms with E-state index < -0.39 is 33.8 Å². The lowest BCUT2D eigenvalue weighted by Crippen LogP contribution is -2.42. The number of ether oxygens (including phenoxy) is 2. The number of nitrogens with one attached hydrogen (secondary N) is 1. The van der Waals surface area contributed by atoms with Crippen molar-refractivity contribution in [3.8, 4) is 22.8 Å². The van der Waals surface area contributed by atoms with E-state index in [1.165, 1.54) is 13.1 Å². The molecule has 0 saturated heterocycles. The van der Waals surface area contributed by atoms with Crippen molar-refractivity contribution in [2.75, 3.05) is 18.2 Å². The number of alkyl halides is 3. The molecule has 1 atom stereocenters. The lowest BCUT2D eigenvalue weighted by atomic mass is 10.1. The van der Waals surface area contributed by atoms with E-state index in [9.17, 15) is 26.4 Å². The van der Waals surface area contributed by atoms with Crippen molar-refractivity contribution in [3.05, 3.63) is 24.5 Å². The number of fused-ring (bicyclic) bond motifs is 2. The molecule has 170 valence electrons. The zero-order valence-electron chi connectivity index (χ0n) is 17.0. The summed E-state index contributed by atoms with van der Waals surface area (Å²) in [6.07, 6.45) is -2.96. The second-order valence-electron chi connectivity index (χ2n) is 7.29. The number of halogens is 3. The number of hydrogen-bond donors (Lipinski definition) is 1. The van der Waals surface area contributed by atoms with Gasteiger partial charge in [-0.15, -0.1) is 0 Å². The van der Waals surface area contributed by atoms with E-state index in [1.807, 2.05) is 0 Å². The van der Waals surface area contributed by atoms with Crippen LogP contribution in [0, 0.1) is 0 Å². The van der Waals surface area contributed by atoms with E-state index in [-0.39, 0.29) is 28.9 Å². The van der Waals surface area contributed by atoms with Crippen molar-refractivity contribution in [1.82, 2.24) is 14.5 Å². The minimum atomic E-state index is -4.70. The molecule has 3 aromatic heterocycles. The molecule has 0 aromatic carbocycles. The highest BCUT2D eigenvalue weighted by atomic mass is 32.2.